The number of H-pyrrole nitrogens is 1. The number of hydrogen-bond acceptors (Lipinski definition) is 1. The Hall–Kier alpha value is -2.35. The molecule has 0 saturated heterocycles. The van der Waals surface area contributed by atoms with Gasteiger partial charge in [-0.2, -0.15) is 0 Å². The number of Topliss-reactive ketones (excluding diaryl/α,β-unsaturated/α-hetero) is 1. The predicted molar refractivity (Wildman–Crippen MR) is 78.5 cm³/mol. The molecule has 0 aliphatic carbocycles. The molecule has 3 rings (SSSR count). The summed E-state index contributed by atoms with van der Waals surface area (Å²) in [5.74, 6) is 0.0916. The normalized spacial score (nSPS) is 10.8. The summed E-state index contributed by atoms with van der Waals surface area (Å²) in [5, 5.41) is 1.13. The molecule has 0 bridgehead atoms. The summed E-state index contributed by atoms with van der Waals surface area (Å²) < 4.78 is 0. The van der Waals surface area contributed by atoms with E-state index in [1.807, 2.05) is 30.3 Å². The van der Waals surface area contributed by atoms with Crippen LogP contribution in [-0.4, -0.2) is 10.8 Å². The fraction of sp³-hybridized carbons (Fsp3) is 0.118. The number of aryl methyl sites for hydroxylation is 1. The molecule has 1 N–H and O–H groups in total. The lowest BCUT2D eigenvalue weighted by atomic mass is 10.1. The second-order valence-electron chi connectivity index (χ2n) is 4.86. The zero-order valence-electron chi connectivity index (χ0n) is 11.0. The first-order valence-electron chi connectivity index (χ1n) is 6.35. The standard InChI is InChI=1S/C17H15NO/c1-11-5-3-4-6-15(11)17-10-14-8-7-13(12(2)19)9-16(14)18-17/h3-10,18H,1-2H3. The second-order valence-corrected chi connectivity index (χ2v) is 4.86. The van der Waals surface area contributed by atoms with Gasteiger partial charge in [-0.05, 0) is 31.5 Å². The summed E-state index contributed by atoms with van der Waals surface area (Å²) in [6.07, 6.45) is 0. The average Bonchev–Trinajstić information content (AvgIpc) is 2.81. The highest BCUT2D eigenvalue weighted by atomic mass is 16.1. The number of hydrogen-bond donors (Lipinski definition) is 1. The Morgan fingerprint density at radius 3 is 2.58 bits per heavy atom. The SMILES string of the molecule is CC(=O)c1ccc2cc(-c3ccccc3C)[nH]c2c1. The molecule has 2 nitrogen and oxygen atoms in total. The zero-order chi connectivity index (χ0) is 13.4. The van der Waals surface area contributed by atoms with Crippen molar-refractivity contribution in [1.82, 2.24) is 4.98 Å². The van der Waals surface area contributed by atoms with Crippen LogP contribution in [0.5, 0.6) is 0 Å². The van der Waals surface area contributed by atoms with Crippen molar-refractivity contribution < 1.29 is 4.79 Å². The number of carbonyl (C=O) groups is 1. The van der Waals surface area contributed by atoms with Gasteiger partial charge in [-0.15, -0.1) is 0 Å². The lowest BCUT2D eigenvalue weighted by Crippen LogP contribution is -1.90. The number of benzene rings is 2. The molecule has 3 aromatic rings. The van der Waals surface area contributed by atoms with E-state index in [1.54, 1.807) is 6.92 Å². The van der Waals surface area contributed by atoms with Crippen LogP contribution in [0.2, 0.25) is 0 Å². The van der Waals surface area contributed by atoms with Gasteiger partial charge in [0.2, 0.25) is 0 Å². The Morgan fingerprint density at radius 1 is 1.05 bits per heavy atom. The molecule has 2 aromatic carbocycles. The van der Waals surface area contributed by atoms with Gasteiger partial charge in [0, 0.05) is 27.7 Å². The van der Waals surface area contributed by atoms with Crippen molar-refractivity contribution in [3.63, 3.8) is 0 Å². The smallest absolute Gasteiger partial charge is 0.159 e. The fourth-order valence-corrected chi connectivity index (χ4v) is 2.37. The number of ketones is 1. The van der Waals surface area contributed by atoms with E-state index in [0.29, 0.717) is 0 Å². The summed E-state index contributed by atoms with van der Waals surface area (Å²) in [4.78, 5) is 14.8. The predicted octanol–water partition coefficient (Wildman–Crippen LogP) is 4.35. The Balaban J connectivity index is 2.17. The van der Waals surface area contributed by atoms with Crippen molar-refractivity contribution in [2.75, 3.05) is 0 Å². The van der Waals surface area contributed by atoms with E-state index in [2.05, 4.69) is 30.1 Å². The van der Waals surface area contributed by atoms with Gasteiger partial charge >= 0.3 is 0 Å². The van der Waals surface area contributed by atoms with Crippen molar-refractivity contribution >= 4 is 16.7 Å². The number of fused-ring (bicyclic) bond motifs is 1. The second kappa shape index (κ2) is 4.39. The van der Waals surface area contributed by atoms with E-state index in [9.17, 15) is 4.79 Å². The molecule has 0 aliphatic rings. The van der Waals surface area contributed by atoms with Gasteiger partial charge in [0.25, 0.3) is 0 Å². The van der Waals surface area contributed by atoms with E-state index < -0.39 is 0 Å². The minimum absolute atomic E-state index is 0.0916. The van der Waals surface area contributed by atoms with E-state index in [4.69, 9.17) is 0 Å². The van der Waals surface area contributed by atoms with Crippen LogP contribution in [0.25, 0.3) is 22.2 Å². The maximum atomic E-state index is 11.4. The van der Waals surface area contributed by atoms with E-state index in [-0.39, 0.29) is 5.78 Å². The lowest BCUT2D eigenvalue weighted by Gasteiger charge is -2.01. The van der Waals surface area contributed by atoms with E-state index in [0.717, 1.165) is 22.2 Å². The molecule has 1 aromatic heterocycles. The highest BCUT2D eigenvalue weighted by Gasteiger charge is 2.07. The molecule has 2 heteroatoms. The van der Waals surface area contributed by atoms with Crippen molar-refractivity contribution in [3.8, 4) is 11.3 Å². The van der Waals surface area contributed by atoms with Gasteiger partial charge in [0.1, 0.15) is 0 Å². The molecule has 1 heterocycles. The summed E-state index contributed by atoms with van der Waals surface area (Å²) in [5.41, 5.74) is 5.27. The first-order valence-corrected chi connectivity index (χ1v) is 6.35. The van der Waals surface area contributed by atoms with Gasteiger partial charge in [-0.25, -0.2) is 0 Å². The Labute approximate surface area is 112 Å². The summed E-state index contributed by atoms with van der Waals surface area (Å²) >= 11 is 0. The molecule has 0 spiro atoms. The number of aromatic nitrogens is 1. The molecule has 0 atom stereocenters. The number of nitrogens with one attached hydrogen (secondary N) is 1. The minimum atomic E-state index is 0.0916. The minimum Gasteiger partial charge on any atom is -0.355 e. The van der Waals surface area contributed by atoms with Crippen molar-refractivity contribution in [1.29, 1.82) is 0 Å². The van der Waals surface area contributed by atoms with Crippen LogP contribution >= 0.6 is 0 Å². The third-order valence-corrected chi connectivity index (χ3v) is 3.46. The molecule has 0 aliphatic heterocycles. The number of aromatic amines is 1. The summed E-state index contributed by atoms with van der Waals surface area (Å²) in [6, 6.07) is 16.2. The van der Waals surface area contributed by atoms with Crippen molar-refractivity contribution in [3.05, 3.63) is 59.7 Å². The molecule has 0 saturated carbocycles. The summed E-state index contributed by atoms with van der Waals surface area (Å²) in [7, 11) is 0. The molecule has 0 amide bonds. The molecular weight excluding hydrogens is 234 g/mol. The zero-order valence-corrected chi connectivity index (χ0v) is 11.0. The number of carbonyl (C=O) groups excluding carboxylic acids is 1. The topological polar surface area (TPSA) is 32.9 Å². The molecule has 0 fully saturated rings. The van der Waals surface area contributed by atoms with Gasteiger partial charge in [-0.3, -0.25) is 4.79 Å². The Kier molecular flexibility index (Phi) is 2.71. The number of rotatable bonds is 2. The largest absolute Gasteiger partial charge is 0.355 e. The maximum Gasteiger partial charge on any atom is 0.159 e. The van der Waals surface area contributed by atoms with Crippen molar-refractivity contribution in [2.45, 2.75) is 13.8 Å². The van der Waals surface area contributed by atoms with Gasteiger partial charge < -0.3 is 4.98 Å². The first kappa shape index (κ1) is 11.7. The third-order valence-electron chi connectivity index (χ3n) is 3.46. The van der Waals surface area contributed by atoms with Gasteiger partial charge in [-0.1, -0.05) is 36.4 Å². The molecular formula is C17H15NO. The van der Waals surface area contributed by atoms with Crippen LogP contribution in [0.3, 0.4) is 0 Å². The van der Waals surface area contributed by atoms with Crippen LogP contribution in [0.1, 0.15) is 22.8 Å². The Morgan fingerprint density at radius 2 is 1.84 bits per heavy atom. The van der Waals surface area contributed by atoms with E-state index >= 15 is 0 Å². The average molecular weight is 249 g/mol. The monoisotopic (exact) mass is 249 g/mol. The van der Waals surface area contributed by atoms with E-state index in [1.165, 1.54) is 11.1 Å². The van der Waals surface area contributed by atoms with Crippen LogP contribution in [0, 0.1) is 6.92 Å². The Bertz CT molecular complexity index is 768. The lowest BCUT2D eigenvalue weighted by molar-refractivity contribution is 0.101. The van der Waals surface area contributed by atoms with Crippen LogP contribution in [-0.2, 0) is 0 Å². The fourth-order valence-electron chi connectivity index (χ4n) is 2.37. The summed E-state index contributed by atoms with van der Waals surface area (Å²) in [6.45, 7) is 3.69. The van der Waals surface area contributed by atoms with Gasteiger partial charge in [0.05, 0.1) is 0 Å². The maximum absolute atomic E-state index is 11.4. The molecule has 19 heavy (non-hydrogen) atoms. The van der Waals surface area contributed by atoms with Crippen molar-refractivity contribution in [2.24, 2.45) is 0 Å². The van der Waals surface area contributed by atoms with Crippen LogP contribution in [0.4, 0.5) is 0 Å². The molecule has 0 radical (unpaired) electrons. The molecule has 0 unspecified atom stereocenters. The highest BCUT2D eigenvalue weighted by Crippen LogP contribution is 2.27. The van der Waals surface area contributed by atoms with Crippen LogP contribution in [0.15, 0.2) is 48.5 Å². The molecule has 94 valence electrons. The highest BCUT2D eigenvalue weighted by molar-refractivity contribution is 5.98. The first-order chi connectivity index (χ1) is 9.15. The third kappa shape index (κ3) is 2.06. The van der Waals surface area contributed by atoms with Gasteiger partial charge in [0.15, 0.2) is 5.78 Å². The quantitative estimate of drug-likeness (QED) is 0.673. The van der Waals surface area contributed by atoms with Crippen LogP contribution < -0.4 is 0 Å².